The second-order valence-corrected chi connectivity index (χ2v) is 8.65. The number of benzene rings is 2. The van der Waals surface area contributed by atoms with E-state index in [4.69, 9.17) is 9.72 Å². The van der Waals surface area contributed by atoms with Gasteiger partial charge < -0.3 is 9.72 Å². The molecule has 1 N–H and O–H groups in total. The molecular formula is C28H29N3O. The summed E-state index contributed by atoms with van der Waals surface area (Å²) in [4.78, 5) is 12.7. The Kier molecular flexibility index (Phi) is 5.76. The van der Waals surface area contributed by atoms with E-state index in [2.05, 4.69) is 59.5 Å². The Morgan fingerprint density at radius 2 is 2.00 bits per heavy atom. The third kappa shape index (κ3) is 4.45. The Labute approximate surface area is 189 Å². The van der Waals surface area contributed by atoms with Crippen LogP contribution in [0, 0.1) is 0 Å². The number of rotatable bonds is 8. The van der Waals surface area contributed by atoms with Crippen LogP contribution in [0.15, 0.2) is 60.4 Å². The van der Waals surface area contributed by atoms with Crippen molar-refractivity contribution >= 4 is 17.0 Å². The van der Waals surface area contributed by atoms with E-state index < -0.39 is 0 Å². The van der Waals surface area contributed by atoms with Crippen molar-refractivity contribution < 1.29 is 4.74 Å². The number of fused-ring (bicyclic) bond motifs is 2. The summed E-state index contributed by atoms with van der Waals surface area (Å²) in [6.45, 7) is 4.89. The second kappa shape index (κ2) is 8.99. The first-order chi connectivity index (χ1) is 15.7. The van der Waals surface area contributed by atoms with E-state index >= 15 is 0 Å². The molecule has 0 saturated carbocycles. The first kappa shape index (κ1) is 20.5. The van der Waals surface area contributed by atoms with Crippen molar-refractivity contribution in [2.24, 2.45) is 0 Å². The summed E-state index contributed by atoms with van der Waals surface area (Å²) in [5, 5.41) is 1.24. The highest BCUT2D eigenvalue weighted by atomic mass is 16.5. The maximum absolute atomic E-state index is 5.67. The molecule has 0 unspecified atom stereocenters. The highest BCUT2D eigenvalue weighted by Crippen LogP contribution is 2.27. The van der Waals surface area contributed by atoms with Crippen LogP contribution in [0.4, 0.5) is 0 Å². The topological polar surface area (TPSA) is 50.8 Å². The van der Waals surface area contributed by atoms with Crippen LogP contribution >= 0.6 is 0 Å². The number of nitrogens with zero attached hydrogens (tertiary/aromatic N) is 2. The highest BCUT2D eigenvalue weighted by molar-refractivity contribution is 5.84. The average molecular weight is 424 g/mol. The van der Waals surface area contributed by atoms with Crippen molar-refractivity contribution in [3.63, 3.8) is 0 Å². The molecule has 4 aromatic rings. The first-order valence-corrected chi connectivity index (χ1v) is 11.5. The third-order valence-electron chi connectivity index (χ3n) is 6.12. The Hall–Kier alpha value is -3.40. The number of aromatic nitrogens is 3. The van der Waals surface area contributed by atoms with Crippen molar-refractivity contribution in [2.45, 2.75) is 46.0 Å². The number of hydrogen-bond acceptors (Lipinski definition) is 3. The van der Waals surface area contributed by atoms with Crippen LogP contribution in [0.3, 0.4) is 0 Å². The maximum Gasteiger partial charge on any atom is 0.128 e. The van der Waals surface area contributed by atoms with Crippen LogP contribution in [0.5, 0.6) is 5.75 Å². The van der Waals surface area contributed by atoms with Crippen molar-refractivity contribution in [3.05, 3.63) is 94.2 Å². The zero-order chi connectivity index (χ0) is 21.9. The van der Waals surface area contributed by atoms with E-state index in [1.54, 1.807) is 0 Å². The molecule has 0 amide bonds. The molecule has 0 fully saturated rings. The number of aromatic amines is 1. The van der Waals surface area contributed by atoms with Gasteiger partial charge in [0.25, 0.3) is 0 Å². The fourth-order valence-electron chi connectivity index (χ4n) is 4.61. The molecule has 1 aliphatic carbocycles. The van der Waals surface area contributed by atoms with E-state index in [1.807, 2.05) is 25.3 Å². The van der Waals surface area contributed by atoms with Gasteiger partial charge in [-0.05, 0) is 79.6 Å². The monoisotopic (exact) mass is 423 g/mol. The van der Waals surface area contributed by atoms with Crippen molar-refractivity contribution in [1.29, 1.82) is 0 Å². The Morgan fingerprint density at radius 1 is 1.06 bits per heavy atom. The predicted octanol–water partition coefficient (Wildman–Crippen LogP) is 6.08. The zero-order valence-electron chi connectivity index (χ0n) is 18.8. The van der Waals surface area contributed by atoms with Gasteiger partial charge in [-0.1, -0.05) is 29.8 Å². The number of hydrogen-bond donors (Lipinski definition) is 1. The molecule has 0 spiro atoms. The smallest absolute Gasteiger partial charge is 0.128 e. The standard InChI is InChI=1S/C28H29N3O/c1-3-32-25-9-10-27-26(17-25)22(18-30-27)5-4-6-28-29-12-11-24(31-28)16-20-7-8-21-13-19(2)14-23(21)15-20/h7-13,15,17-18,30H,3-6,14,16H2,1-2H3. The third-order valence-corrected chi connectivity index (χ3v) is 6.12. The van der Waals surface area contributed by atoms with Gasteiger partial charge in [0.15, 0.2) is 0 Å². The number of aryl methyl sites for hydroxylation is 2. The van der Waals surface area contributed by atoms with Gasteiger partial charge in [0, 0.05) is 41.8 Å². The SMILES string of the molecule is CCOc1ccc2[nH]cc(CCCc3nccc(Cc4ccc5c(c4)CC(C)=C5)n3)c2c1. The molecule has 4 heteroatoms. The van der Waals surface area contributed by atoms with Gasteiger partial charge in [-0.3, -0.25) is 0 Å². The lowest BCUT2D eigenvalue weighted by Gasteiger charge is -2.07. The fraction of sp³-hybridized carbons (Fsp3) is 0.286. The lowest BCUT2D eigenvalue weighted by molar-refractivity contribution is 0.340. The molecular weight excluding hydrogens is 394 g/mol. The molecule has 4 nitrogen and oxygen atoms in total. The van der Waals surface area contributed by atoms with Crippen LogP contribution in [0.2, 0.25) is 0 Å². The van der Waals surface area contributed by atoms with Crippen molar-refractivity contribution in [2.75, 3.05) is 6.61 Å². The molecule has 5 rings (SSSR count). The lowest BCUT2D eigenvalue weighted by Crippen LogP contribution is -2.01. The number of allylic oxidation sites excluding steroid dienone is 1. The van der Waals surface area contributed by atoms with E-state index in [-0.39, 0.29) is 0 Å². The average Bonchev–Trinajstić information content (AvgIpc) is 3.36. The lowest BCUT2D eigenvalue weighted by atomic mass is 10.0. The molecule has 0 radical (unpaired) electrons. The van der Waals surface area contributed by atoms with E-state index in [9.17, 15) is 0 Å². The molecule has 2 aromatic heterocycles. The Morgan fingerprint density at radius 3 is 2.91 bits per heavy atom. The molecule has 2 heterocycles. The second-order valence-electron chi connectivity index (χ2n) is 8.65. The van der Waals surface area contributed by atoms with E-state index in [1.165, 1.54) is 33.2 Å². The van der Waals surface area contributed by atoms with Gasteiger partial charge in [-0.25, -0.2) is 9.97 Å². The molecule has 2 aromatic carbocycles. The molecule has 0 atom stereocenters. The van der Waals surface area contributed by atoms with Crippen LogP contribution < -0.4 is 4.74 Å². The van der Waals surface area contributed by atoms with E-state index in [0.29, 0.717) is 6.61 Å². The highest BCUT2D eigenvalue weighted by Gasteiger charge is 2.11. The van der Waals surface area contributed by atoms with Crippen molar-refractivity contribution in [3.8, 4) is 5.75 Å². The van der Waals surface area contributed by atoms with Gasteiger partial charge in [0.1, 0.15) is 11.6 Å². The summed E-state index contributed by atoms with van der Waals surface area (Å²) in [5.74, 6) is 1.85. The van der Waals surface area contributed by atoms with Gasteiger partial charge in [-0.15, -0.1) is 0 Å². The minimum absolute atomic E-state index is 0.681. The van der Waals surface area contributed by atoms with Crippen LogP contribution in [0.1, 0.15) is 54.0 Å². The van der Waals surface area contributed by atoms with Crippen molar-refractivity contribution in [1.82, 2.24) is 15.0 Å². The van der Waals surface area contributed by atoms with Crippen LogP contribution in [-0.4, -0.2) is 21.6 Å². The number of H-pyrrole nitrogens is 1. The quantitative estimate of drug-likeness (QED) is 0.373. The summed E-state index contributed by atoms with van der Waals surface area (Å²) in [6, 6.07) is 15.1. The number of nitrogens with one attached hydrogen (secondary N) is 1. The van der Waals surface area contributed by atoms with Gasteiger partial charge in [-0.2, -0.15) is 0 Å². The zero-order valence-corrected chi connectivity index (χ0v) is 18.8. The van der Waals surface area contributed by atoms with Crippen LogP contribution in [0.25, 0.3) is 17.0 Å². The summed E-state index contributed by atoms with van der Waals surface area (Å²) >= 11 is 0. The molecule has 1 aliphatic rings. The normalized spacial score (nSPS) is 12.8. The summed E-state index contributed by atoms with van der Waals surface area (Å²) in [5.41, 5.74) is 9.11. The van der Waals surface area contributed by atoms with E-state index in [0.717, 1.165) is 54.9 Å². The summed E-state index contributed by atoms with van der Waals surface area (Å²) in [7, 11) is 0. The molecule has 0 saturated heterocycles. The Bertz CT molecular complexity index is 1290. The summed E-state index contributed by atoms with van der Waals surface area (Å²) in [6.07, 6.45) is 11.1. The molecule has 0 aliphatic heterocycles. The van der Waals surface area contributed by atoms with Crippen LogP contribution in [-0.2, 0) is 25.7 Å². The molecule has 32 heavy (non-hydrogen) atoms. The fourth-order valence-corrected chi connectivity index (χ4v) is 4.61. The van der Waals surface area contributed by atoms with Gasteiger partial charge >= 0.3 is 0 Å². The maximum atomic E-state index is 5.67. The van der Waals surface area contributed by atoms with Gasteiger partial charge in [0.2, 0.25) is 0 Å². The largest absolute Gasteiger partial charge is 0.494 e. The molecule has 162 valence electrons. The molecule has 0 bridgehead atoms. The Balaban J connectivity index is 1.22. The number of ether oxygens (including phenoxy) is 1. The minimum Gasteiger partial charge on any atom is -0.494 e. The summed E-state index contributed by atoms with van der Waals surface area (Å²) < 4.78 is 5.67. The predicted molar refractivity (Wildman–Crippen MR) is 130 cm³/mol. The first-order valence-electron chi connectivity index (χ1n) is 11.5. The minimum atomic E-state index is 0.681. The van der Waals surface area contributed by atoms with Gasteiger partial charge in [0.05, 0.1) is 6.61 Å².